The zero-order valence-electron chi connectivity index (χ0n) is 78.5. The van der Waals surface area contributed by atoms with Gasteiger partial charge in [-0.1, -0.05) is 121 Å². The molecule has 4 aliphatic carbocycles. The Labute approximate surface area is 766 Å². The monoisotopic (exact) mass is 1800 g/mol. The molecule has 6 aliphatic heterocycles. The third kappa shape index (κ3) is 22.0. The second-order valence-electron chi connectivity index (χ2n) is 41.6. The molecule has 26 nitrogen and oxygen atoms in total. The van der Waals surface area contributed by atoms with E-state index in [4.69, 9.17) is 67.6 Å². The summed E-state index contributed by atoms with van der Waals surface area (Å²) in [6, 6.07) is 17.0. The predicted octanol–water partition coefficient (Wildman–Crippen LogP) is 16.0. The fourth-order valence-electron chi connectivity index (χ4n) is 21.4. The summed E-state index contributed by atoms with van der Waals surface area (Å²) in [5, 5.41) is 1.01. The minimum atomic E-state index is -0.801. The first-order valence-corrected chi connectivity index (χ1v) is 46.8. The summed E-state index contributed by atoms with van der Waals surface area (Å²) >= 11 is 0. The van der Waals surface area contributed by atoms with Gasteiger partial charge in [0.15, 0.2) is 11.6 Å². The van der Waals surface area contributed by atoms with E-state index in [-0.39, 0.29) is 122 Å². The number of carbonyl (C=O) groups is 8. The van der Waals surface area contributed by atoms with E-state index in [1.54, 1.807) is 38.2 Å². The number of carbonyl (C=O) groups excluding carboxylic acids is 9. The fraction of sp³-hybridized carbons (Fsp3) is 0.663. The number of amides is 3. The van der Waals surface area contributed by atoms with Crippen molar-refractivity contribution >= 4 is 86.3 Å². The van der Waals surface area contributed by atoms with E-state index in [0.29, 0.717) is 88.9 Å². The molecule has 16 rings (SSSR count). The molecule has 0 spiro atoms. The molecule has 2 unspecified atom stereocenters. The van der Waals surface area contributed by atoms with Gasteiger partial charge in [-0.3, -0.25) is 38.4 Å². The van der Waals surface area contributed by atoms with Crippen LogP contribution in [0.25, 0.3) is 33.0 Å². The Morgan fingerprint density at radius 1 is 0.469 bits per heavy atom. The molecule has 27 heteroatoms. The average Bonchev–Trinajstić information content (AvgIpc) is 1.63. The van der Waals surface area contributed by atoms with Crippen LogP contribution in [0.3, 0.4) is 0 Å². The van der Waals surface area contributed by atoms with Gasteiger partial charge in [-0.15, -0.1) is 0 Å². The Morgan fingerprint density at radius 2 is 0.961 bits per heavy atom. The first-order chi connectivity index (χ1) is 60.4. The Hall–Kier alpha value is -8.88. The number of ether oxygens (including phenoxy) is 9. The Kier molecular flexibility index (Phi) is 30.3. The van der Waals surface area contributed by atoms with E-state index >= 15 is 0 Å². The number of methoxy groups -OCH3 is 4. The number of pyridine rings is 1. The van der Waals surface area contributed by atoms with Gasteiger partial charge in [-0.05, 0) is 198 Å². The van der Waals surface area contributed by atoms with E-state index in [1.165, 1.54) is 31.6 Å². The number of hydrogen-bond donors (Lipinski definition) is 0. The van der Waals surface area contributed by atoms with Gasteiger partial charge in [0.05, 0.1) is 99.3 Å². The molecule has 6 bridgehead atoms. The average molecular weight is 1800 g/mol. The molecule has 3 saturated heterocycles. The van der Waals surface area contributed by atoms with Crippen LogP contribution in [-0.2, 0) is 95.2 Å². The van der Waals surface area contributed by atoms with Crippen molar-refractivity contribution in [3.05, 3.63) is 77.6 Å². The largest absolute Gasteiger partial charge is 0.540 e. The normalized spacial score (nSPS) is 30.9. The standard InChI is InChI=1S/C37H50N2O6.C32H42N3O6.C32H43N3O6.V/c1-21(40)33-34(44-6)32-20-39(33)36(42)30(37(2,3)4)18-26(41)16-24-15-25-17-29(25)28(24)11-9-7-8-10-23-14-22-12-13-27(43-5)19-31(22)38-35(23)45-32;1-19-26(18-36)35-17-27(19)40-29-24(33-23-13-12-21(39-6)14-25(23)34-29)11-9-7-8-10-20-16-32(20,5)41-28(37)15-22(30(35)38)31(2,3)4;1-18-27-17-35(29(18)19(2)36)31(38)22(32(3,4)5)16-28(37)40-26-14-20(26)10-8-7-9-11-24-30(41-27)34-25-15-21(39-6)12-13-23(25)33-24;/h12-14,19,24-25,28-30,32-34H,7-11,15-18,20H2,1-6H3;12-14,19-20,22,26-27H,7-11,15-17H2,1-6H3;12-13,15,18,20,22,26-27,29H,7-11,14,16-17H2,1-6H3;/q;-1;;/t24-,25?,28-,29?,30+,32-,33+,34+;19-,20+,22+,26+,27-,32+;18-,20-,22-,26-,27+,29+;/m001./s1. The van der Waals surface area contributed by atoms with Gasteiger partial charge in [-0.25, -0.2) is 31.2 Å². The molecule has 693 valence electrons. The number of fused-ring (bicyclic) bond motifs is 17. The first-order valence-electron chi connectivity index (χ1n) is 46.8. The molecule has 0 N–H and O–H groups in total. The number of Topliss-reactive ketones (excluding diaryl/α,β-unsaturated/α-hetero) is 3. The number of ketones is 3. The van der Waals surface area contributed by atoms with E-state index < -0.39 is 82.1 Å². The first kappa shape index (κ1) is 96.7. The summed E-state index contributed by atoms with van der Waals surface area (Å²) in [6.07, 6.45) is 19.4. The number of rotatable bonds is 7. The molecule has 3 aromatic heterocycles. The molecular formula is C101H135N8O18V-. The van der Waals surface area contributed by atoms with E-state index in [0.717, 1.165) is 147 Å². The van der Waals surface area contributed by atoms with E-state index in [2.05, 4.69) is 12.4 Å². The molecule has 7 fully saturated rings. The van der Waals surface area contributed by atoms with Gasteiger partial charge in [0, 0.05) is 85.4 Å². The smallest absolute Gasteiger partial charge is 0.307 e. The molecule has 6 aromatic rings. The van der Waals surface area contributed by atoms with E-state index in [9.17, 15) is 43.2 Å². The van der Waals surface area contributed by atoms with Crippen LogP contribution in [0.4, 0.5) is 0 Å². The maximum Gasteiger partial charge on any atom is 0.307 e. The Morgan fingerprint density at radius 3 is 1.52 bits per heavy atom. The number of benzene rings is 3. The molecule has 128 heavy (non-hydrogen) atoms. The molecule has 3 amide bonds. The number of aromatic nitrogens is 5. The predicted molar refractivity (Wildman–Crippen MR) is 479 cm³/mol. The Balaban J connectivity index is 0.000000164. The molecular weight excluding hydrogens is 1660 g/mol. The van der Waals surface area contributed by atoms with Gasteiger partial charge >= 0.3 is 11.9 Å². The van der Waals surface area contributed by atoms with Crippen LogP contribution in [0.2, 0.25) is 0 Å². The van der Waals surface area contributed by atoms with Crippen molar-refractivity contribution in [3.8, 4) is 34.9 Å². The fourth-order valence-corrected chi connectivity index (χ4v) is 21.4. The number of esters is 2. The third-order valence-electron chi connectivity index (χ3n) is 29.4. The third-order valence-corrected chi connectivity index (χ3v) is 29.4. The van der Waals surface area contributed by atoms with E-state index in [1.807, 2.05) is 138 Å². The molecule has 3 aromatic carbocycles. The summed E-state index contributed by atoms with van der Waals surface area (Å²) in [4.78, 5) is 150. The minimum Gasteiger partial charge on any atom is -0.540 e. The van der Waals surface area contributed by atoms with Crippen LogP contribution in [0.5, 0.6) is 34.9 Å². The van der Waals surface area contributed by atoms with Gasteiger partial charge in [0.1, 0.15) is 76.6 Å². The molecule has 20 atom stereocenters. The zero-order chi connectivity index (χ0) is 91.0. The maximum absolute atomic E-state index is 14.4. The molecule has 10 aliphatic rings. The van der Waals surface area contributed by atoms with Crippen LogP contribution in [-0.4, -0.2) is 195 Å². The van der Waals surface area contributed by atoms with Crippen LogP contribution in [0.15, 0.2) is 60.7 Å². The van der Waals surface area contributed by atoms with Gasteiger partial charge in [0.2, 0.25) is 35.4 Å². The van der Waals surface area contributed by atoms with Crippen molar-refractivity contribution in [2.45, 2.75) is 299 Å². The maximum atomic E-state index is 14.4. The molecule has 9 heterocycles. The van der Waals surface area contributed by atoms with Crippen LogP contribution >= 0.6 is 0 Å². The summed E-state index contributed by atoms with van der Waals surface area (Å²) in [7, 11) is 6.42. The number of nitrogens with zero attached hydrogens (tertiary/aromatic N) is 8. The van der Waals surface area contributed by atoms with Gasteiger partial charge in [-0.2, -0.15) is 0 Å². The second kappa shape index (κ2) is 40.1. The van der Waals surface area contributed by atoms with Crippen LogP contribution in [0.1, 0.15) is 242 Å². The van der Waals surface area contributed by atoms with Crippen molar-refractivity contribution < 1.29 is 104 Å². The van der Waals surface area contributed by atoms with Crippen molar-refractivity contribution in [2.24, 2.45) is 81.3 Å². The molecule has 4 saturated carbocycles. The second-order valence-corrected chi connectivity index (χ2v) is 41.6. The zero-order valence-corrected chi connectivity index (χ0v) is 79.9. The summed E-state index contributed by atoms with van der Waals surface area (Å²) in [5.74, 6) is 2.93. The van der Waals surface area contributed by atoms with Crippen LogP contribution < -0.4 is 28.4 Å². The number of hydrogen-bond acceptors (Lipinski definition) is 23. The quantitative estimate of drug-likeness (QED) is 0.106. The topological polar surface area (TPSA) is 311 Å². The summed E-state index contributed by atoms with van der Waals surface area (Å²) in [6.45, 7) is 27.2. The van der Waals surface area contributed by atoms with Gasteiger partial charge in [0.25, 0.3) is 0 Å². The Bertz CT molecular complexity index is 5070. The SMILES string of the molecule is COc1ccc2cc3c(nc2c1)O[C@H]1CN(C(=O)[C@H](C(C)(C)C)CC(=O)C[C@@H]2CC4CC4[C@H]2CCCCC3)[C@H](C(C)=O)[C@@H]1OC.COc1ccc2nc3c(nc2c1)O[C@H]1CN(C(=O)[C@H](C(C)(C)C)CC(=O)O[C@@H]2C[C@H]2CCCCC3)[C@H](C(C)=O)[C@@H]1C.COc1ccc2nc3c(nc2c1)O[C@H]1CN(C(=O)[C@H](C(C)(C)C)CC(=O)O[C@]2(C)C[C@H]2CCCCC3)[C@H]([C-]=O)[C@@H]1C.[V]. The summed E-state index contributed by atoms with van der Waals surface area (Å²) < 4.78 is 53.6. The van der Waals surface area contributed by atoms with Crippen molar-refractivity contribution in [1.82, 2.24) is 39.6 Å². The minimum absolute atomic E-state index is 0. The van der Waals surface area contributed by atoms with Crippen molar-refractivity contribution in [1.29, 1.82) is 0 Å². The van der Waals surface area contributed by atoms with Crippen molar-refractivity contribution in [3.63, 3.8) is 0 Å². The van der Waals surface area contributed by atoms with Gasteiger partial charge < -0.3 is 62.1 Å². The summed E-state index contributed by atoms with van der Waals surface area (Å²) in [5.41, 5.74) is 4.23. The van der Waals surface area contributed by atoms with Crippen LogP contribution in [0, 0.1) is 81.3 Å². The number of aryl methyl sites for hydroxylation is 3. The van der Waals surface area contributed by atoms with Crippen molar-refractivity contribution in [2.75, 3.05) is 48.1 Å². The molecule has 1 radical (unpaired) electrons.